The van der Waals surface area contributed by atoms with Gasteiger partial charge in [-0.15, -0.1) is 0 Å². The second-order valence-corrected chi connectivity index (χ2v) is 5.06. The van der Waals surface area contributed by atoms with Crippen LogP contribution in [0.4, 0.5) is 21.8 Å². The van der Waals surface area contributed by atoms with Crippen LogP contribution in [0.1, 0.15) is 0 Å². The highest BCUT2D eigenvalue weighted by Crippen LogP contribution is 2.26. The fraction of sp³-hybridized carbons (Fsp3) is 0. The molecule has 1 aromatic heterocycles. The lowest BCUT2D eigenvalue weighted by atomic mass is 10.2. The number of hydrogen-bond acceptors (Lipinski definition) is 4. The molecule has 1 heterocycles. The Balaban J connectivity index is 2.07. The van der Waals surface area contributed by atoms with Crippen molar-refractivity contribution in [1.29, 1.82) is 0 Å². The van der Waals surface area contributed by atoms with Crippen LogP contribution in [0.2, 0.25) is 0 Å². The largest absolute Gasteiger partial charge is 0.368 e. The molecule has 0 fully saturated rings. The van der Waals surface area contributed by atoms with Crippen LogP contribution in [0, 0.1) is 5.82 Å². The Morgan fingerprint density at radius 2 is 1.90 bits per heavy atom. The van der Waals surface area contributed by atoms with Crippen molar-refractivity contribution in [3.8, 4) is 0 Å². The van der Waals surface area contributed by atoms with E-state index in [1.807, 2.05) is 24.3 Å². The number of halogens is 2. The maximum absolute atomic E-state index is 13.5. The summed E-state index contributed by atoms with van der Waals surface area (Å²) < 4.78 is 13.9. The molecule has 0 spiro atoms. The first kappa shape index (κ1) is 12.8. The van der Waals surface area contributed by atoms with Gasteiger partial charge in [0.1, 0.15) is 11.6 Å². The van der Waals surface area contributed by atoms with Crippen molar-refractivity contribution < 1.29 is 4.39 Å². The molecule has 0 atom stereocenters. The Kier molecular flexibility index (Phi) is 3.23. The van der Waals surface area contributed by atoms with Gasteiger partial charge < -0.3 is 11.1 Å². The van der Waals surface area contributed by atoms with E-state index in [0.717, 1.165) is 10.9 Å². The number of nitrogen functional groups attached to an aromatic ring is 1. The van der Waals surface area contributed by atoms with Crippen LogP contribution in [0.25, 0.3) is 10.9 Å². The van der Waals surface area contributed by atoms with E-state index < -0.39 is 0 Å². The van der Waals surface area contributed by atoms with Gasteiger partial charge in [0.25, 0.3) is 0 Å². The zero-order valence-corrected chi connectivity index (χ0v) is 11.9. The second-order valence-electron chi connectivity index (χ2n) is 4.20. The maximum Gasteiger partial charge on any atom is 0.222 e. The smallest absolute Gasteiger partial charge is 0.222 e. The molecule has 100 valence electrons. The molecule has 6 heteroatoms. The van der Waals surface area contributed by atoms with Crippen LogP contribution in [0.3, 0.4) is 0 Å². The third-order valence-electron chi connectivity index (χ3n) is 2.80. The van der Waals surface area contributed by atoms with Crippen molar-refractivity contribution in [1.82, 2.24) is 9.97 Å². The lowest BCUT2D eigenvalue weighted by molar-refractivity contribution is 0.622. The molecule has 0 bridgehead atoms. The number of anilines is 3. The third kappa shape index (κ3) is 2.42. The third-order valence-corrected chi connectivity index (χ3v) is 3.45. The van der Waals surface area contributed by atoms with Gasteiger partial charge in [0, 0.05) is 11.1 Å². The molecule has 0 amide bonds. The molecule has 3 N–H and O–H groups in total. The highest BCUT2D eigenvalue weighted by molar-refractivity contribution is 9.10. The molecule has 0 aliphatic carbocycles. The summed E-state index contributed by atoms with van der Waals surface area (Å²) in [6, 6.07) is 12.3. The molecule has 0 aliphatic heterocycles. The fourth-order valence-corrected chi connectivity index (χ4v) is 2.15. The van der Waals surface area contributed by atoms with Gasteiger partial charge in [-0.05, 0) is 46.3 Å². The number of hydrogen-bond donors (Lipinski definition) is 2. The summed E-state index contributed by atoms with van der Waals surface area (Å²) in [7, 11) is 0. The van der Waals surface area contributed by atoms with E-state index in [9.17, 15) is 4.39 Å². The van der Waals surface area contributed by atoms with Gasteiger partial charge >= 0.3 is 0 Å². The van der Waals surface area contributed by atoms with Crippen molar-refractivity contribution in [3.05, 3.63) is 52.8 Å². The number of fused-ring (bicyclic) bond motifs is 1. The molecule has 3 rings (SSSR count). The van der Waals surface area contributed by atoms with E-state index >= 15 is 0 Å². The molecule has 0 saturated heterocycles. The molecule has 0 unspecified atom stereocenters. The number of nitrogens with zero attached hydrogens (tertiary/aromatic N) is 2. The van der Waals surface area contributed by atoms with Crippen molar-refractivity contribution >= 4 is 44.3 Å². The van der Waals surface area contributed by atoms with Crippen LogP contribution in [-0.2, 0) is 0 Å². The van der Waals surface area contributed by atoms with Crippen LogP contribution >= 0.6 is 15.9 Å². The van der Waals surface area contributed by atoms with Gasteiger partial charge in [-0.25, -0.2) is 9.37 Å². The number of para-hydroxylation sites is 1. The van der Waals surface area contributed by atoms with Crippen molar-refractivity contribution in [2.45, 2.75) is 0 Å². The normalized spacial score (nSPS) is 10.7. The Morgan fingerprint density at radius 3 is 2.70 bits per heavy atom. The summed E-state index contributed by atoms with van der Waals surface area (Å²) in [5.74, 6) is 0.375. The van der Waals surface area contributed by atoms with E-state index in [4.69, 9.17) is 5.73 Å². The van der Waals surface area contributed by atoms with Crippen LogP contribution in [0.15, 0.2) is 46.9 Å². The number of nitrogens with two attached hydrogens (primary N) is 1. The highest BCUT2D eigenvalue weighted by atomic mass is 79.9. The summed E-state index contributed by atoms with van der Waals surface area (Å²) in [6.45, 7) is 0. The highest BCUT2D eigenvalue weighted by Gasteiger charge is 2.07. The average molecular weight is 333 g/mol. The monoisotopic (exact) mass is 332 g/mol. The zero-order chi connectivity index (χ0) is 14.1. The zero-order valence-electron chi connectivity index (χ0n) is 10.3. The molecular formula is C14H10BrFN4. The SMILES string of the molecule is Nc1nc(Nc2ccc(Br)c(F)c2)c2ccccc2n1. The quantitative estimate of drug-likeness (QED) is 0.748. The Morgan fingerprint density at radius 1 is 1.10 bits per heavy atom. The summed E-state index contributed by atoms with van der Waals surface area (Å²) in [6.07, 6.45) is 0. The molecule has 0 saturated carbocycles. The first-order valence-electron chi connectivity index (χ1n) is 5.88. The molecule has 20 heavy (non-hydrogen) atoms. The van der Waals surface area contributed by atoms with E-state index in [0.29, 0.717) is 16.0 Å². The van der Waals surface area contributed by atoms with Gasteiger partial charge in [0.15, 0.2) is 0 Å². The lowest BCUT2D eigenvalue weighted by Crippen LogP contribution is -2.01. The van der Waals surface area contributed by atoms with Crippen LogP contribution in [0.5, 0.6) is 0 Å². The van der Waals surface area contributed by atoms with Gasteiger partial charge in [-0.2, -0.15) is 4.98 Å². The van der Waals surface area contributed by atoms with Crippen molar-refractivity contribution in [2.75, 3.05) is 11.1 Å². The maximum atomic E-state index is 13.5. The Labute approximate surface area is 123 Å². The van der Waals surface area contributed by atoms with E-state index in [2.05, 4.69) is 31.2 Å². The first-order valence-corrected chi connectivity index (χ1v) is 6.67. The molecule has 3 aromatic rings. The fourth-order valence-electron chi connectivity index (χ4n) is 1.90. The molecule has 0 aliphatic rings. The minimum atomic E-state index is -0.346. The topological polar surface area (TPSA) is 63.8 Å². The van der Waals surface area contributed by atoms with Gasteiger partial charge in [-0.1, -0.05) is 12.1 Å². The molecule has 2 aromatic carbocycles. The number of rotatable bonds is 2. The summed E-state index contributed by atoms with van der Waals surface area (Å²) in [5, 5.41) is 3.89. The van der Waals surface area contributed by atoms with E-state index in [-0.39, 0.29) is 11.8 Å². The Hall–Kier alpha value is -2.21. The Bertz CT molecular complexity index is 791. The summed E-state index contributed by atoms with van der Waals surface area (Å²) in [4.78, 5) is 8.32. The average Bonchev–Trinajstić information content (AvgIpc) is 2.43. The summed E-state index contributed by atoms with van der Waals surface area (Å²) in [5.41, 5.74) is 7.02. The second kappa shape index (κ2) is 5.05. The van der Waals surface area contributed by atoms with Crippen molar-refractivity contribution in [2.24, 2.45) is 0 Å². The summed E-state index contributed by atoms with van der Waals surface area (Å²) >= 11 is 3.12. The molecule has 4 nitrogen and oxygen atoms in total. The number of aromatic nitrogens is 2. The van der Waals surface area contributed by atoms with Gasteiger partial charge in [0.2, 0.25) is 5.95 Å². The van der Waals surface area contributed by atoms with E-state index in [1.165, 1.54) is 6.07 Å². The van der Waals surface area contributed by atoms with Crippen LogP contribution < -0.4 is 11.1 Å². The first-order chi connectivity index (χ1) is 9.63. The number of benzene rings is 2. The van der Waals surface area contributed by atoms with E-state index in [1.54, 1.807) is 12.1 Å². The molecule has 0 radical (unpaired) electrons. The predicted molar refractivity (Wildman–Crippen MR) is 81.3 cm³/mol. The standard InChI is InChI=1S/C14H10BrFN4/c15-10-6-5-8(7-11(10)16)18-13-9-3-1-2-4-12(9)19-14(17)20-13/h1-7H,(H3,17,18,19,20). The minimum absolute atomic E-state index is 0.170. The molecular weight excluding hydrogens is 323 g/mol. The van der Waals surface area contributed by atoms with Crippen LogP contribution in [-0.4, -0.2) is 9.97 Å². The predicted octanol–water partition coefficient (Wildman–Crippen LogP) is 3.86. The van der Waals surface area contributed by atoms with Crippen molar-refractivity contribution in [3.63, 3.8) is 0 Å². The van der Waals surface area contributed by atoms with Gasteiger partial charge in [0.05, 0.1) is 9.99 Å². The van der Waals surface area contributed by atoms with Gasteiger partial charge in [-0.3, -0.25) is 0 Å². The lowest BCUT2D eigenvalue weighted by Gasteiger charge is -2.09. The number of nitrogens with one attached hydrogen (secondary N) is 1. The minimum Gasteiger partial charge on any atom is -0.368 e.